The van der Waals surface area contributed by atoms with Crippen LogP contribution in [0.5, 0.6) is 0 Å². The third kappa shape index (κ3) is 3.10. The van der Waals surface area contributed by atoms with Gasteiger partial charge in [-0.05, 0) is 24.5 Å². The van der Waals surface area contributed by atoms with Crippen molar-refractivity contribution in [2.75, 3.05) is 0 Å². The first-order chi connectivity index (χ1) is 9.83. The molecule has 0 atom stereocenters. The van der Waals surface area contributed by atoms with Crippen LogP contribution >= 0.6 is 0 Å². The number of fused-ring (bicyclic) bond motifs is 1. The maximum Gasteiger partial charge on any atom is 0.248 e. The van der Waals surface area contributed by atoms with Gasteiger partial charge in [-0.3, -0.25) is 4.79 Å². The average Bonchev–Trinajstić information content (AvgIpc) is 2.73. The largest absolute Gasteiger partial charge is 0.322 e. The van der Waals surface area contributed by atoms with Crippen molar-refractivity contribution in [1.29, 1.82) is 0 Å². The number of hydrogen-bond donors (Lipinski definition) is 2. The number of nitrogens with one attached hydrogen (secondary N) is 2. The normalized spacial score (nSPS) is 17.2. The molecule has 20 heavy (non-hydrogen) atoms. The number of pyridine rings is 1. The van der Waals surface area contributed by atoms with Gasteiger partial charge in [0.25, 0.3) is 0 Å². The van der Waals surface area contributed by atoms with E-state index in [4.69, 9.17) is 0 Å². The second kappa shape index (κ2) is 6.23. The van der Waals surface area contributed by atoms with Gasteiger partial charge in [0, 0.05) is 29.6 Å². The van der Waals surface area contributed by atoms with Crippen molar-refractivity contribution in [2.45, 2.75) is 51.1 Å². The highest BCUT2D eigenvalue weighted by atomic mass is 16.1. The van der Waals surface area contributed by atoms with Gasteiger partial charge < -0.3 is 10.3 Å². The molecule has 2 N–H and O–H groups in total. The summed E-state index contributed by atoms with van der Waals surface area (Å²) in [5.74, 6) is 0. The van der Waals surface area contributed by atoms with Crippen molar-refractivity contribution in [2.24, 2.45) is 0 Å². The lowest BCUT2D eigenvalue weighted by Gasteiger charge is -2.16. The number of hydrogen-bond acceptors (Lipinski definition) is 2. The monoisotopic (exact) mass is 270 g/mol. The van der Waals surface area contributed by atoms with E-state index < -0.39 is 0 Å². The van der Waals surface area contributed by atoms with Gasteiger partial charge in [-0.1, -0.05) is 43.9 Å². The fourth-order valence-electron chi connectivity index (χ4n) is 3.16. The van der Waals surface area contributed by atoms with Crippen LogP contribution in [-0.4, -0.2) is 11.0 Å². The lowest BCUT2D eigenvalue weighted by atomic mass is 10.1. The molecule has 1 aromatic heterocycles. The highest BCUT2D eigenvalue weighted by molar-refractivity contribution is 5.81. The predicted molar refractivity (Wildman–Crippen MR) is 82.9 cm³/mol. The van der Waals surface area contributed by atoms with Crippen LogP contribution in [0.25, 0.3) is 10.9 Å². The SMILES string of the molecule is O=c1cc(CNC2CCCCCC2)c2ccccc2[nH]1. The van der Waals surface area contributed by atoms with Gasteiger partial charge in [-0.15, -0.1) is 0 Å². The molecule has 1 fully saturated rings. The molecule has 1 heterocycles. The van der Waals surface area contributed by atoms with E-state index in [2.05, 4.69) is 16.4 Å². The number of aromatic amines is 1. The van der Waals surface area contributed by atoms with Gasteiger partial charge in [-0.25, -0.2) is 0 Å². The zero-order valence-corrected chi connectivity index (χ0v) is 11.8. The van der Waals surface area contributed by atoms with Crippen LogP contribution in [0.3, 0.4) is 0 Å². The van der Waals surface area contributed by atoms with Crippen LogP contribution in [0.4, 0.5) is 0 Å². The maximum atomic E-state index is 11.7. The number of rotatable bonds is 3. The van der Waals surface area contributed by atoms with Gasteiger partial charge in [0.05, 0.1) is 0 Å². The van der Waals surface area contributed by atoms with Gasteiger partial charge in [0.2, 0.25) is 5.56 Å². The quantitative estimate of drug-likeness (QED) is 0.840. The highest BCUT2D eigenvalue weighted by Crippen LogP contribution is 2.19. The lowest BCUT2D eigenvalue weighted by molar-refractivity contribution is 0.460. The molecule has 1 aromatic carbocycles. The summed E-state index contributed by atoms with van der Waals surface area (Å²) >= 11 is 0. The summed E-state index contributed by atoms with van der Waals surface area (Å²) in [4.78, 5) is 14.6. The van der Waals surface area contributed by atoms with E-state index in [1.807, 2.05) is 18.2 Å². The van der Waals surface area contributed by atoms with E-state index in [-0.39, 0.29) is 5.56 Å². The molecule has 3 heteroatoms. The fourth-order valence-corrected chi connectivity index (χ4v) is 3.16. The molecule has 3 nitrogen and oxygen atoms in total. The fraction of sp³-hybridized carbons (Fsp3) is 0.471. The van der Waals surface area contributed by atoms with Gasteiger partial charge in [0.15, 0.2) is 0 Å². The molecular weight excluding hydrogens is 248 g/mol. The molecule has 0 radical (unpaired) electrons. The van der Waals surface area contributed by atoms with Crippen LogP contribution in [0.15, 0.2) is 35.1 Å². The number of H-pyrrole nitrogens is 1. The molecule has 1 saturated carbocycles. The molecule has 106 valence electrons. The summed E-state index contributed by atoms with van der Waals surface area (Å²) in [6, 6.07) is 10.4. The van der Waals surface area contributed by atoms with Crippen molar-refractivity contribution in [3.05, 3.63) is 46.2 Å². The van der Waals surface area contributed by atoms with Gasteiger partial charge in [-0.2, -0.15) is 0 Å². The number of benzene rings is 1. The molecule has 0 saturated heterocycles. The zero-order valence-electron chi connectivity index (χ0n) is 11.8. The minimum Gasteiger partial charge on any atom is -0.322 e. The smallest absolute Gasteiger partial charge is 0.248 e. The standard InChI is InChI=1S/C17H22N2O/c20-17-11-13(15-9-5-6-10-16(15)19-17)12-18-14-7-3-1-2-4-8-14/h5-6,9-11,14,18H,1-4,7-8,12H2,(H,19,20). The molecule has 0 bridgehead atoms. The first kappa shape index (κ1) is 13.4. The second-order valence-corrected chi connectivity index (χ2v) is 5.77. The number of para-hydroxylation sites is 1. The van der Waals surface area contributed by atoms with Gasteiger partial charge >= 0.3 is 0 Å². The van der Waals surface area contributed by atoms with Crippen molar-refractivity contribution < 1.29 is 0 Å². The van der Waals surface area contributed by atoms with Crippen LogP contribution < -0.4 is 10.9 Å². The highest BCUT2D eigenvalue weighted by Gasteiger charge is 2.12. The summed E-state index contributed by atoms with van der Waals surface area (Å²) in [6.45, 7) is 0.787. The Morgan fingerprint density at radius 3 is 2.65 bits per heavy atom. The van der Waals surface area contributed by atoms with E-state index in [1.54, 1.807) is 6.07 Å². The lowest BCUT2D eigenvalue weighted by Crippen LogP contribution is -2.28. The Morgan fingerprint density at radius 2 is 1.85 bits per heavy atom. The Kier molecular flexibility index (Phi) is 4.16. The van der Waals surface area contributed by atoms with Crippen LogP contribution in [-0.2, 0) is 6.54 Å². The van der Waals surface area contributed by atoms with Crippen LogP contribution in [0.2, 0.25) is 0 Å². The first-order valence-electron chi connectivity index (χ1n) is 7.67. The van der Waals surface area contributed by atoms with Crippen molar-refractivity contribution >= 4 is 10.9 Å². The predicted octanol–water partition coefficient (Wildman–Crippen LogP) is 3.34. The van der Waals surface area contributed by atoms with Crippen molar-refractivity contribution in [1.82, 2.24) is 10.3 Å². The molecule has 0 unspecified atom stereocenters. The van der Waals surface area contributed by atoms with E-state index in [1.165, 1.54) is 38.5 Å². The van der Waals surface area contributed by atoms with E-state index in [0.29, 0.717) is 6.04 Å². The summed E-state index contributed by atoms with van der Waals surface area (Å²) in [5, 5.41) is 4.79. The Bertz CT molecular complexity index is 624. The molecule has 0 aliphatic heterocycles. The molecule has 1 aliphatic carbocycles. The third-order valence-electron chi connectivity index (χ3n) is 4.27. The Morgan fingerprint density at radius 1 is 1.10 bits per heavy atom. The molecule has 0 spiro atoms. The molecule has 1 aliphatic rings. The average molecular weight is 270 g/mol. The topological polar surface area (TPSA) is 44.9 Å². The zero-order chi connectivity index (χ0) is 13.8. The van der Waals surface area contributed by atoms with Crippen LogP contribution in [0.1, 0.15) is 44.1 Å². The first-order valence-corrected chi connectivity index (χ1v) is 7.67. The summed E-state index contributed by atoms with van der Waals surface area (Å²) in [5.41, 5.74) is 2.02. The summed E-state index contributed by atoms with van der Waals surface area (Å²) < 4.78 is 0. The van der Waals surface area contributed by atoms with Crippen molar-refractivity contribution in [3.63, 3.8) is 0 Å². The Labute approximate surface area is 119 Å². The van der Waals surface area contributed by atoms with Crippen molar-refractivity contribution in [3.8, 4) is 0 Å². The van der Waals surface area contributed by atoms with E-state index >= 15 is 0 Å². The minimum absolute atomic E-state index is 0.0126. The Balaban J connectivity index is 1.78. The maximum absolute atomic E-state index is 11.7. The molecular formula is C17H22N2O. The van der Waals surface area contributed by atoms with E-state index in [0.717, 1.165) is 23.0 Å². The van der Waals surface area contributed by atoms with Crippen LogP contribution in [0, 0.1) is 0 Å². The van der Waals surface area contributed by atoms with E-state index in [9.17, 15) is 4.79 Å². The Hall–Kier alpha value is -1.61. The molecule has 3 rings (SSSR count). The summed E-state index contributed by atoms with van der Waals surface area (Å²) in [6.07, 6.45) is 7.92. The van der Waals surface area contributed by atoms with Gasteiger partial charge in [0.1, 0.15) is 0 Å². The molecule has 2 aromatic rings. The second-order valence-electron chi connectivity index (χ2n) is 5.77. The minimum atomic E-state index is -0.0126. The molecule has 0 amide bonds. The summed E-state index contributed by atoms with van der Waals surface area (Å²) in [7, 11) is 0. The third-order valence-corrected chi connectivity index (χ3v) is 4.27. The number of aromatic nitrogens is 1.